The van der Waals surface area contributed by atoms with Crippen LogP contribution >= 0.6 is 22.9 Å². The molecule has 4 heteroatoms. The smallest absolute Gasteiger partial charge is 0.0934 e. The number of nitrogens with zero attached hydrogens (tertiary/aromatic N) is 2. The molecule has 0 aliphatic carbocycles. The lowest BCUT2D eigenvalue weighted by molar-refractivity contribution is 0.554. The zero-order valence-electron chi connectivity index (χ0n) is 9.91. The second-order valence-corrected chi connectivity index (χ2v) is 6.63. The van der Waals surface area contributed by atoms with E-state index in [1.165, 1.54) is 10.4 Å². The second-order valence-electron chi connectivity index (χ2n) is 4.92. The van der Waals surface area contributed by atoms with E-state index in [1.54, 1.807) is 11.3 Å². The lowest BCUT2D eigenvalue weighted by Crippen LogP contribution is -2.13. The highest BCUT2D eigenvalue weighted by Crippen LogP contribution is 2.36. The molecule has 0 unspecified atom stereocenters. The zero-order chi connectivity index (χ0) is 11.9. The van der Waals surface area contributed by atoms with Crippen LogP contribution < -0.4 is 0 Å². The fraction of sp³-hybridized carbons (Fsp3) is 0.417. The maximum absolute atomic E-state index is 5.98. The topological polar surface area (TPSA) is 17.8 Å². The summed E-state index contributed by atoms with van der Waals surface area (Å²) in [5.41, 5.74) is 2.35. The Morgan fingerprint density at radius 2 is 2.00 bits per heavy atom. The first kappa shape index (κ1) is 11.7. The molecule has 0 spiro atoms. The van der Waals surface area contributed by atoms with E-state index in [-0.39, 0.29) is 5.41 Å². The Bertz CT molecular complexity index is 505. The van der Waals surface area contributed by atoms with Crippen molar-refractivity contribution in [1.29, 1.82) is 0 Å². The van der Waals surface area contributed by atoms with E-state index in [1.807, 2.05) is 17.8 Å². The predicted molar refractivity (Wildman–Crippen MR) is 70.2 cm³/mol. The fourth-order valence-corrected chi connectivity index (χ4v) is 2.74. The molecule has 0 fully saturated rings. The quantitative estimate of drug-likeness (QED) is 0.749. The van der Waals surface area contributed by atoms with E-state index in [2.05, 4.69) is 38.1 Å². The maximum atomic E-state index is 5.98. The molecule has 0 N–H and O–H groups in total. The molecule has 2 aromatic rings. The number of aromatic nitrogens is 2. The third-order valence-electron chi connectivity index (χ3n) is 2.38. The van der Waals surface area contributed by atoms with Gasteiger partial charge in [-0.3, -0.25) is 4.68 Å². The number of hydrogen-bond donors (Lipinski definition) is 0. The highest BCUT2D eigenvalue weighted by atomic mass is 35.5. The van der Waals surface area contributed by atoms with Crippen molar-refractivity contribution < 1.29 is 0 Å². The van der Waals surface area contributed by atoms with Gasteiger partial charge in [0.15, 0.2) is 0 Å². The molecule has 16 heavy (non-hydrogen) atoms. The summed E-state index contributed by atoms with van der Waals surface area (Å²) in [6.07, 6.45) is 2.06. The summed E-state index contributed by atoms with van der Waals surface area (Å²) in [5, 5.41) is 4.55. The summed E-state index contributed by atoms with van der Waals surface area (Å²) in [4.78, 5) is 1.18. The van der Waals surface area contributed by atoms with Crippen LogP contribution in [-0.4, -0.2) is 9.78 Å². The molecule has 0 aliphatic heterocycles. The minimum absolute atomic E-state index is 0.0487. The highest BCUT2D eigenvalue weighted by molar-refractivity contribution is 7.19. The normalized spacial score (nSPS) is 12.1. The van der Waals surface area contributed by atoms with Gasteiger partial charge in [0.1, 0.15) is 0 Å². The Hall–Kier alpha value is -0.800. The van der Waals surface area contributed by atoms with E-state index < -0.39 is 0 Å². The molecule has 2 heterocycles. The summed E-state index contributed by atoms with van der Waals surface area (Å²) in [7, 11) is 1.95. The number of hydrogen-bond acceptors (Lipinski definition) is 2. The van der Waals surface area contributed by atoms with Gasteiger partial charge in [-0.05, 0) is 12.1 Å². The highest BCUT2D eigenvalue weighted by Gasteiger charge is 2.23. The number of halogens is 1. The SMILES string of the molecule is Cn1cc(-c2ccc(Cl)s2)c(C(C)(C)C)n1. The largest absolute Gasteiger partial charge is 0.275 e. The molecule has 2 nitrogen and oxygen atoms in total. The summed E-state index contributed by atoms with van der Waals surface area (Å²) in [5.74, 6) is 0. The van der Waals surface area contributed by atoms with E-state index in [9.17, 15) is 0 Å². The summed E-state index contributed by atoms with van der Waals surface area (Å²) in [6.45, 7) is 6.52. The van der Waals surface area contributed by atoms with Gasteiger partial charge in [0.2, 0.25) is 0 Å². The van der Waals surface area contributed by atoms with Crippen LogP contribution in [0.25, 0.3) is 10.4 Å². The van der Waals surface area contributed by atoms with Crippen molar-refractivity contribution in [2.45, 2.75) is 26.2 Å². The van der Waals surface area contributed by atoms with E-state index >= 15 is 0 Å². The Labute approximate surface area is 105 Å². The lowest BCUT2D eigenvalue weighted by atomic mass is 9.89. The van der Waals surface area contributed by atoms with Crippen molar-refractivity contribution in [2.75, 3.05) is 0 Å². The molecule has 0 bridgehead atoms. The molecule has 0 aromatic carbocycles. The van der Waals surface area contributed by atoms with Gasteiger partial charge in [-0.15, -0.1) is 11.3 Å². The zero-order valence-corrected chi connectivity index (χ0v) is 11.5. The summed E-state index contributed by atoms with van der Waals surface area (Å²) >= 11 is 7.57. The van der Waals surface area contributed by atoms with Gasteiger partial charge in [0.25, 0.3) is 0 Å². The molecule has 0 saturated carbocycles. The first-order valence-electron chi connectivity index (χ1n) is 5.18. The first-order valence-corrected chi connectivity index (χ1v) is 6.37. The van der Waals surface area contributed by atoms with Crippen molar-refractivity contribution in [3.8, 4) is 10.4 Å². The van der Waals surface area contributed by atoms with Crippen LogP contribution in [0.3, 0.4) is 0 Å². The third-order valence-corrected chi connectivity index (χ3v) is 3.64. The summed E-state index contributed by atoms with van der Waals surface area (Å²) in [6, 6.07) is 3.99. The Kier molecular flexibility index (Phi) is 2.84. The van der Waals surface area contributed by atoms with Gasteiger partial charge in [-0.1, -0.05) is 32.4 Å². The van der Waals surface area contributed by atoms with E-state index in [4.69, 9.17) is 11.6 Å². The lowest BCUT2D eigenvalue weighted by Gasteiger charge is -2.16. The molecule has 2 aromatic heterocycles. The van der Waals surface area contributed by atoms with Gasteiger partial charge in [-0.2, -0.15) is 5.10 Å². The Morgan fingerprint density at radius 3 is 2.50 bits per heavy atom. The molecule has 0 saturated heterocycles. The third kappa shape index (κ3) is 2.15. The van der Waals surface area contributed by atoms with Crippen molar-refractivity contribution >= 4 is 22.9 Å². The number of rotatable bonds is 1. The van der Waals surface area contributed by atoms with Gasteiger partial charge < -0.3 is 0 Å². The molecule has 0 atom stereocenters. The van der Waals surface area contributed by atoms with Crippen LogP contribution in [0.5, 0.6) is 0 Å². The van der Waals surface area contributed by atoms with Gasteiger partial charge in [-0.25, -0.2) is 0 Å². The minimum Gasteiger partial charge on any atom is -0.275 e. The van der Waals surface area contributed by atoms with Gasteiger partial charge in [0, 0.05) is 29.1 Å². The maximum Gasteiger partial charge on any atom is 0.0934 e. The minimum atomic E-state index is 0.0487. The van der Waals surface area contributed by atoms with Crippen LogP contribution in [0, 0.1) is 0 Å². The Morgan fingerprint density at radius 1 is 1.31 bits per heavy atom. The Balaban J connectivity index is 2.57. The molecule has 0 radical (unpaired) electrons. The van der Waals surface area contributed by atoms with Gasteiger partial charge in [0.05, 0.1) is 10.0 Å². The standard InChI is InChI=1S/C12H15ClN2S/c1-12(2,3)11-8(7-15(4)14-11)9-5-6-10(13)16-9/h5-7H,1-4H3. The molecule has 0 aliphatic rings. The summed E-state index contributed by atoms with van der Waals surface area (Å²) < 4.78 is 2.68. The van der Waals surface area contributed by atoms with Crippen LogP contribution in [0.2, 0.25) is 4.34 Å². The monoisotopic (exact) mass is 254 g/mol. The molecular weight excluding hydrogens is 240 g/mol. The van der Waals surface area contributed by atoms with Crippen molar-refractivity contribution in [2.24, 2.45) is 7.05 Å². The van der Waals surface area contributed by atoms with Crippen molar-refractivity contribution in [3.05, 3.63) is 28.4 Å². The van der Waals surface area contributed by atoms with E-state index in [0.29, 0.717) is 0 Å². The van der Waals surface area contributed by atoms with Gasteiger partial charge >= 0.3 is 0 Å². The molecule has 86 valence electrons. The molecular formula is C12H15ClN2S. The predicted octanol–water partition coefficient (Wildman–Crippen LogP) is 4.10. The van der Waals surface area contributed by atoms with Crippen LogP contribution in [-0.2, 0) is 12.5 Å². The molecule has 2 rings (SSSR count). The molecule has 0 amide bonds. The average Bonchev–Trinajstić information content (AvgIpc) is 2.70. The second kappa shape index (κ2) is 3.90. The first-order chi connectivity index (χ1) is 7.38. The average molecular weight is 255 g/mol. The fourth-order valence-electron chi connectivity index (χ4n) is 1.68. The van der Waals surface area contributed by atoms with Crippen LogP contribution in [0.15, 0.2) is 18.3 Å². The van der Waals surface area contributed by atoms with E-state index in [0.717, 1.165) is 10.0 Å². The van der Waals surface area contributed by atoms with Crippen molar-refractivity contribution in [3.63, 3.8) is 0 Å². The van der Waals surface area contributed by atoms with Crippen molar-refractivity contribution in [1.82, 2.24) is 9.78 Å². The number of aryl methyl sites for hydroxylation is 1. The van der Waals surface area contributed by atoms with Crippen LogP contribution in [0.4, 0.5) is 0 Å². The number of thiophene rings is 1. The van der Waals surface area contributed by atoms with Crippen LogP contribution in [0.1, 0.15) is 26.5 Å².